The molecule has 1 aromatic rings. The molecule has 1 saturated heterocycles. The summed E-state index contributed by atoms with van der Waals surface area (Å²) in [5.74, 6) is 1.75. The van der Waals surface area contributed by atoms with E-state index >= 15 is 0 Å². The van der Waals surface area contributed by atoms with E-state index in [4.69, 9.17) is 0 Å². The van der Waals surface area contributed by atoms with Crippen molar-refractivity contribution < 1.29 is 5.11 Å². The second-order valence-corrected chi connectivity index (χ2v) is 6.08. The SMILES string of the molecule is CN1C[C@@H]2CCC[C@@H](O)[C@H](c3ccccc3)[C@@H]2C1. The first-order valence-electron chi connectivity index (χ1n) is 7.17. The van der Waals surface area contributed by atoms with Crippen LogP contribution in [-0.2, 0) is 0 Å². The Morgan fingerprint density at radius 1 is 1.11 bits per heavy atom. The van der Waals surface area contributed by atoms with Crippen LogP contribution in [0.1, 0.15) is 30.7 Å². The molecule has 1 saturated carbocycles. The third kappa shape index (κ3) is 2.19. The fourth-order valence-corrected chi connectivity index (χ4v) is 4.03. The summed E-state index contributed by atoms with van der Waals surface area (Å²) in [6.45, 7) is 2.35. The van der Waals surface area contributed by atoms with Gasteiger partial charge in [0.25, 0.3) is 0 Å². The molecule has 2 heteroatoms. The monoisotopic (exact) mass is 245 g/mol. The van der Waals surface area contributed by atoms with Crippen LogP contribution in [0, 0.1) is 11.8 Å². The normalized spacial score (nSPS) is 37.2. The van der Waals surface area contributed by atoms with Crippen molar-refractivity contribution in [2.75, 3.05) is 20.1 Å². The van der Waals surface area contributed by atoms with E-state index in [0.29, 0.717) is 11.8 Å². The Morgan fingerprint density at radius 3 is 2.67 bits per heavy atom. The molecule has 98 valence electrons. The minimum Gasteiger partial charge on any atom is -0.392 e. The smallest absolute Gasteiger partial charge is 0.0612 e. The van der Waals surface area contributed by atoms with Gasteiger partial charge in [0.05, 0.1) is 6.10 Å². The van der Waals surface area contributed by atoms with Crippen LogP contribution in [-0.4, -0.2) is 36.2 Å². The number of nitrogens with zero attached hydrogens (tertiary/aromatic N) is 1. The van der Waals surface area contributed by atoms with Gasteiger partial charge in [-0.2, -0.15) is 0 Å². The van der Waals surface area contributed by atoms with Crippen LogP contribution >= 0.6 is 0 Å². The van der Waals surface area contributed by atoms with E-state index in [-0.39, 0.29) is 6.10 Å². The number of likely N-dealkylation sites (tertiary alicyclic amines) is 1. The maximum absolute atomic E-state index is 10.5. The molecule has 1 aliphatic carbocycles. The van der Waals surface area contributed by atoms with E-state index in [1.54, 1.807) is 0 Å². The predicted octanol–water partition coefficient (Wildman–Crippen LogP) is 2.49. The molecule has 0 radical (unpaired) electrons. The van der Waals surface area contributed by atoms with Crippen LogP contribution in [0.2, 0.25) is 0 Å². The Balaban J connectivity index is 1.92. The largest absolute Gasteiger partial charge is 0.392 e. The molecular weight excluding hydrogens is 222 g/mol. The Hall–Kier alpha value is -0.860. The van der Waals surface area contributed by atoms with Crippen molar-refractivity contribution in [1.29, 1.82) is 0 Å². The molecule has 0 aromatic heterocycles. The van der Waals surface area contributed by atoms with E-state index in [1.165, 1.54) is 24.9 Å². The number of fused-ring (bicyclic) bond motifs is 1. The molecule has 1 heterocycles. The van der Waals surface area contributed by atoms with Crippen LogP contribution < -0.4 is 0 Å². The topological polar surface area (TPSA) is 23.5 Å². The van der Waals surface area contributed by atoms with E-state index in [1.807, 2.05) is 0 Å². The lowest BCUT2D eigenvalue weighted by atomic mass is 9.77. The fourth-order valence-electron chi connectivity index (χ4n) is 4.03. The average Bonchev–Trinajstić information content (AvgIpc) is 2.65. The van der Waals surface area contributed by atoms with Crippen LogP contribution in [0.25, 0.3) is 0 Å². The summed E-state index contributed by atoms with van der Waals surface area (Å²) in [6.07, 6.45) is 3.28. The van der Waals surface area contributed by atoms with Crippen LogP contribution in [0.4, 0.5) is 0 Å². The highest BCUT2D eigenvalue weighted by Gasteiger charge is 2.41. The molecule has 4 atom stereocenters. The molecule has 1 N–H and O–H groups in total. The third-order valence-electron chi connectivity index (χ3n) is 4.81. The lowest BCUT2D eigenvalue weighted by molar-refractivity contribution is 0.111. The van der Waals surface area contributed by atoms with Gasteiger partial charge in [0.15, 0.2) is 0 Å². The van der Waals surface area contributed by atoms with Gasteiger partial charge in [-0.25, -0.2) is 0 Å². The van der Waals surface area contributed by atoms with Crippen molar-refractivity contribution in [3.05, 3.63) is 35.9 Å². The average molecular weight is 245 g/mol. The second-order valence-electron chi connectivity index (χ2n) is 6.08. The summed E-state index contributed by atoms with van der Waals surface area (Å²) in [4.78, 5) is 2.43. The van der Waals surface area contributed by atoms with Gasteiger partial charge < -0.3 is 10.0 Å². The van der Waals surface area contributed by atoms with Crippen LogP contribution in [0.15, 0.2) is 30.3 Å². The van der Waals surface area contributed by atoms with E-state index < -0.39 is 0 Å². The molecule has 0 bridgehead atoms. The molecule has 2 fully saturated rings. The first-order chi connectivity index (χ1) is 8.75. The predicted molar refractivity (Wildman–Crippen MR) is 73.5 cm³/mol. The minimum absolute atomic E-state index is 0.158. The van der Waals surface area contributed by atoms with Gasteiger partial charge in [-0.05, 0) is 37.3 Å². The Labute approximate surface area is 110 Å². The Kier molecular flexibility index (Phi) is 3.40. The molecule has 1 aromatic carbocycles. The van der Waals surface area contributed by atoms with Gasteiger partial charge in [0.2, 0.25) is 0 Å². The maximum atomic E-state index is 10.5. The van der Waals surface area contributed by atoms with Crippen molar-refractivity contribution in [2.45, 2.75) is 31.3 Å². The lowest BCUT2D eigenvalue weighted by Crippen LogP contribution is -2.28. The van der Waals surface area contributed by atoms with E-state index in [2.05, 4.69) is 42.3 Å². The van der Waals surface area contributed by atoms with Crippen molar-refractivity contribution in [3.8, 4) is 0 Å². The molecule has 1 aliphatic heterocycles. The third-order valence-corrected chi connectivity index (χ3v) is 4.81. The summed E-state index contributed by atoms with van der Waals surface area (Å²) in [7, 11) is 2.21. The minimum atomic E-state index is -0.158. The molecule has 18 heavy (non-hydrogen) atoms. The Morgan fingerprint density at radius 2 is 1.89 bits per heavy atom. The van der Waals surface area contributed by atoms with Gasteiger partial charge in [0, 0.05) is 19.0 Å². The van der Waals surface area contributed by atoms with Gasteiger partial charge in [-0.15, -0.1) is 0 Å². The number of aliphatic hydroxyl groups is 1. The highest BCUT2D eigenvalue weighted by molar-refractivity contribution is 5.23. The van der Waals surface area contributed by atoms with E-state index in [9.17, 15) is 5.11 Å². The highest BCUT2D eigenvalue weighted by atomic mass is 16.3. The van der Waals surface area contributed by atoms with Gasteiger partial charge in [0.1, 0.15) is 0 Å². The van der Waals surface area contributed by atoms with Crippen molar-refractivity contribution in [3.63, 3.8) is 0 Å². The number of benzene rings is 1. The van der Waals surface area contributed by atoms with Gasteiger partial charge >= 0.3 is 0 Å². The summed E-state index contributed by atoms with van der Waals surface area (Å²) in [5.41, 5.74) is 1.33. The lowest BCUT2D eigenvalue weighted by Gasteiger charge is -2.29. The maximum Gasteiger partial charge on any atom is 0.0612 e. The van der Waals surface area contributed by atoms with Gasteiger partial charge in [-0.1, -0.05) is 36.8 Å². The quantitative estimate of drug-likeness (QED) is 0.821. The van der Waals surface area contributed by atoms with Crippen LogP contribution in [0.3, 0.4) is 0 Å². The summed E-state index contributed by atoms with van der Waals surface area (Å²) in [6, 6.07) is 10.6. The van der Waals surface area contributed by atoms with Crippen LogP contribution in [0.5, 0.6) is 0 Å². The fraction of sp³-hybridized carbons (Fsp3) is 0.625. The summed E-state index contributed by atoms with van der Waals surface area (Å²) in [5, 5.41) is 10.5. The standard InChI is InChI=1S/C16H23NO/c1-17-10-13-8-5-9-15(18)16(14(13)11-17)12-6-3-2-4-7-12/h2-4,6-7,13-16,18H,5,8-11H2,1H3/t13-,14+,15+,16+/m0/s1. The second kappa shape index (κ2) is 5.02. The summed E-state index contributed by atoms with van der Waals surface area (Å²) >= 11 is 0. The number of hydrogen-bond acceptors (Lipinski definition) is 2. The van der Waals surface area contributed by atoms with E-state index in [0.717, 1.165) is 18.9 Å². The number of hydrogen-bond donors (Lipinski definition) is 1. The Bertz CT molecular complexity index is 391. The zero-order valence-corrected chi connectivity index (χ0v) is 11.1. The van der Waals surface area contributed by atoms with Crippen molar-refractivity contribution in [1.82, 2.24) is 4.90 Å². The first-order valence-corrected chi connectivity index (χ1v) is 7.17. The zero-order chi connectivity index (χ0) is 12.5. The molecule has 2 aliphatic rings. The zero-order valence-electron chi connectivity index (χ0n) is 11.1. The molecule has 0 unspecified atom stereocenters. The molecular formula is C16H23NO. The van der Waals surface area contributed by atoms with Crippen molar-refractivity contribution in [2.24, 2.45) is 11.8 Å². The highest BCUT2D eigenvalue weighted by Crippen LogP contribution is 2.43. The molecule has 0 amide bonds. The van der Waals surface area contributed by atoms with Crippen molar-refractivity contribution >= 4 is 0 Å². The number of aliphatic hydroxyl groups excluding tert-OH is 1. The molecule has 3 rings (SSSR count). The summed E-state index contributed by atoms with van der Waals surface area (Å²) < 4.78 is 0. The first kappa shape index (κ1) is 12.2. The van der Waals surface area contributed by atoms with Gasteiger partial charge in [-0.3, -0.25) is 0 Å². The molecule has 0 spiro atoms. The molecule has 2 nitrogen and oxygen atoms in total. The number of rotatable bonds is 1.